The summed E-state index contributed by atoms with van der Waals surface area (Å²) >= 11 is 0. The van der Waals surface area contributed by atoms with Crippen LogP contribution in [-0.4, -0.2) is 31.1 Å². The van der Waals surface area contributed by atoms with Crippen molar-refractivity contribution in [2.24, 2.45) is 5.92 Å². The number of nitrogens with one attached hydrogen (secondary N) is 1. The molecule has 0 amide bonds. The van der Waals surface area contributed by atoms with Gasteiger partial charge in [0.15, 0.2) is 0 Å². The summed E-state index contributed by atoms with van der Waals surface area (Å²) in [5.41, 5.74) is 3.02. The molecule has 0 spiro atoms. The molecule has 106 valence electrons. The van der Waals surface area contributed by atoms with Crippen LogP contribution in [0.4, 0.5) is 0 Å². The Bertz CT molecular complexity index is 389. The summed E-state index contributed by atoms with van der Waals surface area (Å²) in [6.07, 6.45) is 3.83. The number of benzene rings is 1. The fourth-order valence-electron chi connectivity index (χ4n) is 3.12. The first kappa shape index (κ1) is 14.5. The highest BCUT2D eigenvalue weighted by Crippen LogP contribution is 2.24. The fraction of sp³-hybridized carbons (Fsp3) is 0.647. The zero-order valence-electron chi connectivity index (χ0n) is 12.7. The molecule has 0 radical (unpaired) electrons. The Kier molecular flexibility index (Phi) is 5.41. The molecule has 0 saturated carbocycles. The molecule has 1 saturated heterocycles. The summed E-state index contributed by atoms with van der Waals surface area (Å²) in [6, 6.07) is 9.65. The average Bonchev–Trinajstić information content (AvgIpc) is 2.41. The summed E-state index contributed by atoms with van der Waals surface area (Å²) < 4.78 is 0. The van der Waals surface area contributed by atoms with Gasteiger partial charge in [0.2, 0.25) is 0 Å². The predicted octanol–water partition coefficient (Wildman–Crippen LogP) is 3.07. The maximum atomic E-state index is 3.25. The fourth-order valence-corrected chi connectivity index (χ4v) is 3.12. The first-order valence-electron chi connectivity index (χ1n) is 7.66. The Labute approximate surface area is 118 Å². The molecule has 1 fully saturated rings. The highest BCUT2D eigenvalue weighted by Gasteiger charge is 2.23. The van der Waals surface area contributed by atoms with Gasteiger partial charge in [0, 0.05) is 12.6 Å². The summed E-state index contributed by atoms with van der Waals surface area (Å²) in [5, 5.41) is 3.25. The third-order valence-corrected chi connectivity index (χ3v) is 4.41. The van der Waals surface area contributed by atoms with Crippen molar-refractivity contribution in [3.63, 3.8) is 0 Å². The summed E-state index contributed by atoms with van der Waals surface area (Å²) in [5.74, 6) is 0.894. The van der Waals surface area contributed by atoms with E-state index < -0.39 is 0 Å². The molecule has 19 heavy (non-hydrogen) atoms. The maximum Gasteiger partial charge on any atom is 0.0239 e. The number of piperidine rings is 1. The SMILES string of the molecule is CNCCc1ccccc1CN1CCC(C)CC1C. The minimum Gasteiger partial charge on any atom is -0.319 e. The van der Waals surface area contributed by atoms with Gasteiger partial charge in [0.1, 0.15) is 0 Å². The van der Waals surface area contributed by atoms with E-state index in [1.54, 1.807) is 0 Å². The van der Waals surface area contributed by atoms with Crippen molar-refractivity contribution in [3.8, 4) is 0 Å². The zero-order valence-corrected chi connectivity index (χ0v) is 12.7. The Hall–Kier alpha value is -0.860. The molecule has 1 N–H and O–H groups in total. The van der Waals surface area contributed by atoms with E-state index in [0.717, 1.165) is 31.5 Å². The number of rotatable bonds is 5. The summed E-state index contributed by atoms with van der Waals surface area (Å²) in [4.78, 5) is 2.65. The van der Waals surface area contributed by atoms with Crippen molar-refractivity contribution in [2.45, 2.75) is 45.7 Å². The van der Waals surface area contributed by atoms with E-state index in [-0.39, 0.29) is 0 Å². The van der Waals surface area contributed by atoms with Crippen LogP contribution in [0.5, 0.6) is 0 Å². The molecular weight excluding hydrogens is 232 g/mol. The quantitative estimate of drug-likeness (QED) is 0.875. The third-order valence-electron chi connectivity index (χ3n) is 4.41. The van der Waals surface area contributed by atoms with Gasteiger partial charge in [0.25, 0.3) is 0 Å². The van der Waals surface area contributed by atoms with Crippen LogP contribution < -0.4 is 5.32 Å². The van der Waals surface area contributed by atoms with Gasteiger partial charge in [-0.05, 0) is 63.4 Å². The largest absolute Gasteiger partial charge is 0.319 e. The lowest BCUT2D eigenvalue weighted by Gasteiger charge is -2.37. The van der Waals surface area contributed by atoms with Crippen LogP contribution in [0.2, 0.25) is 0 Å². The normalized spacial score (nSPS) is 24.6. The first-order valence-corrected chi connectivity index (χ1v) is 7.66. The van der Waals surface area contributed by atoms with Crippen LogP contribution in [0.25, 0.3) is 0 Å². The van der Waals surface area contributed by atoms with Crippen LogP contribution in [-0.2, 0) is 13.0 Å². The molecule has 1 aliphatic rings. The molecule has 1 aliphatic heterocycles. The number of likely N-dealkylation sites (tertiary alicyclic amines) is 1. The van der Waals surface area contributed by atoms with Crippen LogP contribution in [0.15, 0.2) is 24.3 Å². The maximum absolute atomic E-state index is 3.25. The molecule has 2 nitrogen and oxygen atoms in total. The van der Waals surface area contributed by atoms with Crippen molar-refractivity contribution >= 4 is 0 Å². The molecule has 0 bridgehead atoms. The van der Waals surface area contributed by atoms with E-state index in [1.165, 1.54) is 30.5 Å². The van der Waals surface area contributed by atoms with E-state index in [0.29, 0.717) is 0 Å². The standard InChI is InChI=1S/C17H28N2/c1-14-9-11-19(15(2)12-14)13-17-7-5-4-6-16(17)8-10-18-3/h4-7,14-15,18H,8-13H2,1-3H3. The minimum atomic E-state index is 0.723. The van der Waals surface area contributed by atoms with Gasteiger partial charge in [0.05, 0.1) is 0 Å². The molecule has 2 unspecified atom stereocenters. The molecule has 1 heterocycles. The molecule has 1 aromatic rings. The number of nitrogens with zero attached hydrogens (tertiary/aromatic N) is 1. The van der Waals surface area contributed by atoms with Crippen molar-refractivity contribution in [2.75, 3.05) is 20.1 Å². The second-order valence-corrected chi connectivity index (χ2v) is 6.07. The smallest absolute Gasteiger partial charge is 0.0239 e. The lowest BCUT2D eigenvalue weighted by molar-refractivity contribution is 0.122. The third kappa shape index (κ3) is 4.05. The average molecular weight is 260 g/mol. The van der Waals surface area contributed by atoms with Gasteiger partial charge < -0.3 is 5.32 Å². The van der Waals surface area contributed by atoms with Gasteiger partial charge in [-0.1, -0.05) is 31.2 Å². The van der Waals surface area contributed by atoms with Crippen LogP contribution in [0.1, 0.15) is 37.8 Å². The van der Waals surface area contributed by atoms with E-state index in [1.807, 2.05) is 7.05 Å². The zero-order chi connectivity index (χ0) is 13.7. The second-order valence-electron chi connectivity index (χ2n) is 6.07. The topological polar surface area (TPSA) is 15.3 Å². The monoisotopic (exact) mass is 260 g/mol. The van der Waals surface area contributed by atoms with Crippen LogP contribution in [0, 0.1) is 5.92 Å². The Balaban J connectivity index is 2.01. The van der Waals surface area contributed by atoms with Crippen molar-refractivity contribution < 1.29 is 0 Å². The van der Waals surface area contributed by atoms with Crippen molar-refractivity contribution in [1.82, 2.24) is 10.2 Å². The van der Waals surface area contributed by atoms with Crippen molar-refractivity contribution in [3.05, 3.63) is 35.4 Å². The van der Waals surface area contributed by atoms with Gasteiger partial charge in [-0.3, -0.25) is 4.90 Å². The summed E-state index contributed by atoms with van der Waals surface area (Å²) in [7, 11) is 2.02. The predicted molar refractivity (Wildman–Crippen MR) is 82.3 cm³/mol. The van der Waals surface area contributed by atoms with E-state index in [9.17, 15) is 0 Å². The van der Waals surface area contributed by atoms with E-state index in [2.05, 4.69) is 48.3 Å². The second kappa shape index (κ2) is 7.06. The Morgan fingerprint density at radius 1 is 1.21 bits per heavy atom. The molecule has 2 atom stereocenters. The van der Waals surface area contributed by atoms with Gasteiger partial charge in [-0.2, -0.15) is 0 Å². The van der Waals surface area contributed by atoms with Crippen LogP contribution in [0.3, 0.4) is 0 Å². The lowest BCUT2D eigenvalue weighted by atomic mass is 9.92. The van der Waals surface area contributed by atoms with Gasteiger partial charge in [-0.15, -0.1) is 0 Å². The summed E-state index contributed by atoms with van der Waals surface area (Å²) in [6.45, 7) is 8.20. The van der Waals surface area contributed by atoms with Gasteiger partial charge in [-0.25, -0.2) is 0 Å². The van der Waals surface area contributed by atoms with E-state index >= 15 is 0 Å². The lowest BCUT2D eigenvalue weighted by Crippen LogP contribution is -2.39. The number of likely N-dealkylation sites (N-methyl/N-ethyl adjacent to an activating group) is 1. The Morgan fingerprint density at radius 3 is 2.63 bits per heavy atom. The minimum absolute atomic E-state index is 0.723. The van der Waals surface area contributed by atoms with Gasteiger partial charge >= 0.3 is 0 Å². The van der Waals surface area contributed by atoms with Crippen LogP contribution >= 0.6 is 0 Å². The highest BCUT2D eigenvalue weighted by atomic mass is 15.2. The number of hydrogen-bond donors (Lipinski definition) is 1. The van der Waals surface area contributed by atoms with Crippen molar-refractivity contribution in [1.29, 1.82) is 0 Å². The molecular formula is C17H28N2. The molecule has 0 aliphatic carbocycles. The Morgan fingerprint density at radius 2 is 1.95 bits per heavy atom. The molecule has 0 aromatic heterocycles. The highest BCUT2D eigenvalue weighted by molar-refractivity contribution is 5.27. The molecule has 2 heteroatoms. The first-order chi connectivity index (χ1) is 9.20. The number of hydrogen-bond acceptors (Lipinski definition) is 2. The molecule has 2 rings (SSSR count). The van der Waals surface area contributed by atoms with E-state index in [4.69, 9.17) is 0 Å². The molecule has 1 aromatic carbocycles.